The highest BCUT2D eigenvalue weighted by atomic mass is 16.3. The fourth-order valence-electron chi connectivity index (χ4n) is 8.78. The molecule has 10 aromatic carbocycles. The molecule has 0 saturated carbocycles. The van der Waals surface area contributed by atoms with Crippen LogP contribution in [0.25, 0.3) is 122 Å². The van der Waals surface area contributed by atoms with Crippen LogP contribution < -0.4 is 0 Å². The number of fused-ring (bicyclic) bond motifs is 6. The third kappa shape index (κ3) is 6.21. The van der Waals surface area contributed by atoms with Crippen LogP contribution in [0.15, 0.2) is 217 Å². The van der Waals surface area contributed by atoms with Crippen molar-refractivity contribution in [1.29, 1.82) is 0 Å². The predicted molar refractivity (Wildman–Crippen MR) is 252 cm³/mol. The summed E-state index contributed by atoms with van der Waals surface area (Å²) in [5.41, 5.74) is 11.3. The lowest BCUT2D eigenvalue weighted by atomic mass is 9.96. The highest BCUT2D eigenvalue weighted by Gasteiger charge is 2.17. The predicted octanol–water partition coefficient (Wildman–Crippen LogP) is 15.2. The first-order chi connectivity index (χ1) is 30.2. The van der Waals surface area contributed by atoms with Crippen LogP contribution in [-0.4, -0.2) is 15.0 Å². The molecule has 0 bridgehead atoms. The Balaban J connectivity index is 0.924. The molecule has 2 aromatic heterocycles. The average molecular weight is 778 g/mol. The van der Waals surface area contributed by atoms with Gasteiger partial charge in [0.25, 0.3) is 0 Å². The molecule has 0 aliphatic heterocycles. The lowest BCUT2D eigenvalue weighted by molar-refractivity contribution is 0.669. The van der Waals surface area contributed by atoms with Gasteiger partial charge in [-0.3, -0.25) is 0 Å². The zero-order valence-corrected chi connectivity index (χ0v) is 33.0. The summed E-state index contributed by atoms with van der Waals surface area (Å²) in [7, 11) is 0. The van der Waals surface area contributed by atoms with E-state index in [0.29, 0.717) is 17.5 Å². The minimum atomic E-state index is 0.617. The highest BCUT2D eigenvalue weighted by Crippen LogP contribution is 2.39. The molecule has 0 spiro atoms. The van der Waals surface area contributed by atoms with E-state index in [1.165, 1.54) is 38.1 Å². The second-order valence-electron chi connectivity index (χ2n) is 15.6. The van der Waals surface area contributed by atoms with Gasteiger partial charge in [0.1, 0.15) is 11.2 Å². The van der Waals surface area contributed by atoms with Crippen molar-refractivity contribution in [3.05, 3.63) is 212 Å². The third-order valence-corrected chi connectivity index (χ3v) is 11.9. The van der Waals surface area contributed by atoms with Gasteiger partial charge in [0.05, 0.1) is 0 Å². The molecule has 0 saturated heterocycles. The number of rotatable bonds is 6. The zero-order valence-electron chi connectivity index (χ0n) is 33.0. The van der Waals surface area contributed by atoms with Crippen LogP contribution in [0.4, 0.5) is 0 Å². The van der Waals surface area contributed by atoms with Crippen molar-refractivity contribution in [3.8, 4) is 67.5 Å². The van der Waals surface area contributed by atoms with E-state index in [1.54, 1.807) is 0 Å². The van der Waals surface area contributed by atoms with E-state index in [0.717, 1.165) is 66.3 Å². The molecule has 0 aliphatic carbocycles. The standard InChI is InChI=1S/C57H35N3O/c1-3-12-43-33-45(29-19-36(43)9-1)46-31-32-51-53(35-46)61-52-18-8-17-50(54(51)52)40-23-27-42(28-24-40)56-58-55(59-57(60-56)47-30-20-37-10-2-4-13-44(37)34-47)41-25-21-39(22-26-41)49-16-7-14-38-11-5-6-15-48(38)49/h1-35H. The largest absolute Gasteiger partial charge is 0.456 e. The Morgan fingerprint density at radius 3 is 1.41 bits per heavy atom. The summed E-state index contributed by atoms with van der Waals surface area (Å²) in [6, 6.07) is 74.7. The number of hydrogen-bond acceptors (Lipinski definition) is 4. The van der Waals surface area contributed by atoms with Gasteiger partial charge in [0.15, 0.2) is 17.5 Å². The zero-order chi connectivity index (χ0) is 40.3. The molecule has 2 heterocycles. The molecule has 12 aromatic rings. The molecule has 4 nitrogen and oxygen atoms in total. The molecule has 0 N–H and O–H groups in total. The van der Waals surface area contributed by atoms with Crippen molar-refractivity contribution in [2.24, 2.45) is 0 Å². The summed E-state index contributed by atoms with van der Waals surface area (Å²) >= 11 is 0. The molecular formula is C57H35N3O. The molecule has 0 radical (unpaired) electrons. The molecule has 0 atom stereocenters. The summed E-state index contributed by atoms with van der Waals surface area (Å²) < 4.78 is 6.52. The topological polar surface area (TPSA) is 51.8 Å². The first-order valence-electron chi connectivity index (χ1n) is 20.6. The molecule has 0 amide bonds. The van der Waals surface area contributed by atoms with Gasteiger partial charge in [-0.25, -0.2) is 15.0 Å². The Hall–Kier alpha value is -8.21. The number of aromatic nitrogens is 3. The van der Waals surface area contributed by atoms with E-state index in [2.05, 4.69) is 212 Å². The van der Waals surface area contributed by atoms with Gasteiger partial charge < -0.3 is 4.42 Å². The number of hydrogen-bond donors (Lipinski definition) is 0. The smallest absolute Gasteiger partial charge is 0.164 e. The van der Waals surface area contributed by atoms with Gasteiger partial charge in [-0.2, -0.15) is 0 Å². The van der Waals surface area contributed by atoms with Crippen molar-refractivity contribution < 1.29 is 4.42 Å². The second kappa shape index (κ2) is 14.3. The first-order valence-corrected chi connectivity index (χ1v) is 20.6. The van der Waals surface area contributed by atoms with Crippen molar-refractivity contribution in [2.75, 3.05) is 0 Å². The third-order valence-electron chi connectivity index (χ3n) is 11.9. The summed E-state index contributed by atoms with van der Waals surface area (Å²) in [6.45, 7) is 0. The summed E-state index contributed by atoms with van der Waals surface area (Å²) in [5.74, 6) is 1.87. The van der Waals surface area contributed by atoms with Crippen LogP contribution in [0, 0.1) is 0 Å². The highest BCUT2D eigenvalue weighted by molar-refractivity contribution is 6.13. The summed E-state index contributed by atoms with van der Waals surface area (Å²) in [6.07, 6.45) is 0. The molecule has 4 heteroatoms. The van der Waals surface area contributed by atoms with Gasteiger partial charge in [-0.15, -0.1) is 0 Å². The molecule has 0 unspecified atom stereocenters. The number of nitrogens with zero attached hydrogens (tertiary/aromatic N) is 3. The Morgan fingerprint density at radius 2 is 0.721 bits per heavy atom. The van der Waals surface area contributed by atoms with E-state index in [4.69, 9.17) is 19.4 Å². The van der Waals surface area contributed by atoms with Crippen LogP contribution >= 0.6 is 0 Å². The van der Waals surface area contributed by atoms with E-state index >= 15 is 0 Å². The Bertz CT molecular complexity index is 3640. The van der Waals surface area contributed by atoms with Crippen molar-refractivity contribution in [3.63, 3.8) is 0 Å². The Morgan fingerprint density at radius 1 is 0.262 bits per heavy atom. The van der Waals surface area contributed by atoms with Gasteiger partial charge in [-0.05, 0) is 96.0 Å². The SMILES string of the molecule is c1ccc2cc(-c3ccc4c(c3)oc3cccc(-c5ccc(-c6nc(-c7ccc(-c8cccc9ccccc89)cc7)nc(-c7ccc8ccccc8c7)n6)cc5)c34)ccc2c1. The van der Waals surface area contributed by atoms with Crippen LogP contribution in [0.2, 0.25) is 0 Å². The van der Waals surface area contributed by atoms with Gasteiger partial charge in [0.2, 0.25) is 0 Å². The monoisotopic (exact) mass is 777 g/mol. The summed E-state index contributed by atoms with van der Waals surface area (Å²) in [4.78, 5) is 15.3. The van der Waals surface area contributed by atoms with Crippen LogP contribution in [0.5, 0.6) is 0 Å². The molecule has 61 heavy (non-hydrogen) atoms. The van der Waals surface area contributed by atoms with Crippen LogP contribution in [-0.2, 0) is 0 Å². The van der Waals surface area contributed by atoms with Gasteiger partial charge in [-0.1, -0.05) is 182 Å². The maximum absolute atomic E-state index is 6.52. The molecule has 0 aliphatic rings. The van der Waals surface area contributed by atoms with E-state index in [9.17, 15) is 0 Å². The minimum absolute atomic E-state index is 0.617. The van der Waals surface area contributed by atoms with Gasteiger partial charge >= 0.3 is 0 Å². The normalized spacial score (nSPS) is 11.6. The van der Waals surface area contributed by atoms with Crippen LogP contribution in [0.1, 0.15) is 0 Å². The fraction of sp³-hybridized carbons (Fsp3) is 0. The number of benzene rings is 10. The van der Waals surface area contributed by atoms with Crippen LogP contribution in [0.3, 0.4) is 0 Å². The van der Waals surface area contributed by atoms with E-state index in [-0.39, 0.29) is 0 Å². The first kappa shape index (κ1) is 34.8. The van der Waals surface area contributed by atoms with Crippen molar-refractivity contribution in [2.45, 2.75) is 0 Å². The average Bonchev–Trinajstić information content (AvgIpc) is 3.72. The maximum atomic E-state index is 6.52. The molecule has 0 fully saturated rings. The second-order valence-corrected chi connectivity index (χ2v) is 15.6. The van der Waals surface area contributed by atoms with Gasteiger partial charge in [0, 0.05) is 27.5 Å². The summed E-state index contributed by atoms with van der Waals surface area (Å²) in [5, 5.41) is 9.40. The molecular weight excluding hydrogens is 743 g/mol. The quantitative estimate of drug-likeness (QED) is 0.169. The lowest BCUT2D eigenvalue weighted by Gasteiger charge is -2.11. The van der Waals surface area contributed by atoms with Crippen molar-refractivity contribution in [1.82, 2.24) is 15.0 Å². The molecule has 12 rings (SSSR count). The lowest BCUT2D eigenvalue weighted by Crippen LogP contribution is -2.00. The Kier molecular flexibility index (Phi) is 8.13. The number of furan rings is 1. The Labute approximate surface area is 352 Å². The fourth-order valence-corrected chi connectivity index (χ4v) is 8.78. The molecule has 284 valence electrons. The minimum Gasteiger partial charge on any atom is -0.456 e. The maximum Gasteiger partial charge on any atom is 0.164 e. The van der Waals surface area contributed by atoms with E-state index in [1.807, 2.05) is 0 Å². The van der Waals surface area contributed by atoms with E-state index < -0.39 is 0 Å². The van der Waals surface area contributed by atoms with Crippen molar-refractivity contribution >= 4 is 54.3 Å².